The lowest BCUT2D eigenvalue weighted by Gasteiger charge is -2.39. The van der Waals surface area contributed by atoms with E-state index in [-0.39, 0.29) is 5.82 Å². The second-order valence-corrected chi connectivity index (χ2v) is 2.30. The molecule has 1 unspecified atom stereocenters. The van der Waals surface area contributed by atoms with Gasteiger partial charge in [0.25, 0.3) is 0 Å². The molecule has 0 bridgehead atoms. The summed E-state index contributed by atoms with van der Waals surface area (Å²) in [5.41, 5.74) is 4.77. The summed E-state index contributed by atoms with van der Waals surface area (Å²) >= 11 is 0. The molecule has 1 rings (SSSR count). The third-order valence-corrected chi connectivity index (χ3v) is 1.74. The average Bonchev–Trinajstić information content (AvgIpc) is 1.83. The van der Waals surface area contributed by atoms with Crippen molar-refractivity contribution in [3.8, 4) is 6.07 Å². The standard InChI is InChI=1S/C5H7BN2/c6-4-1-2-5(4,8)3-7/h4H,1-2,8H2/t4?,5-/m1/s1. The molecule has 0 aromatic rings. The number of nitrogens with zero attached hydrogens (tertiary/aromatic N) is 1. The first-order valence-corrected chi connectivity index (χ1v) is 2.65. The first kappa shape index (κ1) is 5.65. The molecule has 1 saturated carbocycles. The first-order chi connectivity index (χ1) is 3.69. The van der Waals surface area contributed by atoms with Gasteiger partial charge in [-0.1, -0.05) is 6.42 Å². The van der Waals surface area contributed by atoms with E-state index in [0.717, 1.165) is 12.8 Å². The van der Waals surface area contributed by atoms with E-state index in [1.807, 2.05) is 6.07 Å². The number of nitrogens with two attached hydrogens (primary N) is 1. The molecule has 2 N–H and O–H groups in total. The Labute approximate surface area is 50.1 Å². The van der Waals surface area contributed by atoms with Crippen molar-refractivity contribution in [2.45, 2.75) is 24.2 Å². The van der Waals surface area contributed by atoms with Gasteiger partial charge in [0.2, 0.25) is 0 Å². The van der Waals surface area contributed by atoms with Crippen LogP contribution in [0.25, 0.3) is 0 Å². The summed E-state index contributed by atoms with van der Waals surface area (Å²) in [7, 11) is 5.42. The molecule has 0 aromatic carbocycles. The van der Waals surface area contributed by atoms with E-state index in [1.54, 1.807) is 0 Å². The van der Waals surface area contributed by atoms with Gasteiger partial charge in [0.15, 0.2) is 0 Å². The molecule has 0 amide bonds. The Morgan fingerprint density at radius 3 is 2.50 bits per heavy atom. The molecule has 2 radical (unpaired) electrons. The molecule has 0 aromatic heterocycles. The smallest absolute Gasteiger partial charge is 0.0988 e. The van der Waals surface area contributed by atoms with Crippen molar-refractivity contribution in [1.29, 1.82) is 5.26 Å². The van der Waals surface area contributed by atoms with Gasteiger partial charge in [-0.25, -0.2) is 0 Å². The predicted molar refractivity (Wildman–Crippen MR) is 31.3 cm³/mol. The second kappa shape index (κ2) is 1.49. The van der Waals surface area contributed by atoms with Crippen LogP contribution in [0.2, 0.25) is 5.82 Å². The zero-order valence-electron chi connectivity index (χ0n) is 4.59. The van der Waals surface area contributed by atoms with Gasteiger partial charge in [-0.15, -0.1) is 0 Å². The molecule has 0 aliphatic heterocycles. The summed E-state index contributed by atoms with van der Waals surface area (Å²) in [5, 5.41) is 8.36. The van der Waals surface area contributed by atoms with Gasteiger partial charge in [-0.05, 0) is 12.2 Å². The summed E-state index contributed by atoms with van der Waals surface area (Å²) in [6, 6.07) is 1.98. The van der Waals surface area contributed by atoms with Crippen LogP contribution >= 0.6 is 0 Å². The number of hydrogen-bond donors (Lipinski definition) is 1. The molecule has 2 nitrogen and oxygen atoms in total. The summed E-state index contributed by atoms with van der Waals surface area (Å²) in [6.45, 7) is 0. The summed E-state index contributed by atoms with van der Waals surface area (Å²) in [6.07, 6.45) is 1.65. The summed E-state index contributed by atoms with van der Waals surface area (Å²) in [4.78, 5) is 0. The van der Waals surface area contributed by atoms with Crippen LogP contribution in [0.3, 0.4) is 0 Å². The van der Waals surface area contributed by atoms with Crippen LogP contribution in [0.4, 0.5) is 0 Å². The molecule has 1 aliphatic rings. The van der Waals surface area contributed by atoms with E-state index in [0.29, 0.717) is 0 Å². The highest BCUT2D eigenvalue weighted by molar-refractivity contribution is 6.13. The van der Waals surface area contributed by atoms with Crippen molar-refractivity contribution in [3.05, 3.63) is 0 Å². The molecule has 2 atom stereocenters. The monoisotopic (exact) mass is 106 g/mol. The quantitative estimate of drug-likeness (QED) is 0.440. The normalized spacial score (nSPS) is 44.8. The predicted octanol–water partition coefficient (Wildman–Crippen LogP) is -0.0417. The highest BCUT2D eigenvalue weighted by Gasteiger charge is 2.39. The number of nitriles is 1. The summed E-state index contributed by atoms with van der Waals surface area (Å²) in [5.74, 6) is -0.0903. The lowest BCUT2D eigenvalue weighted by atomic mass is 9.58. The Hall–Kier alpha value is -0.485. The fraction of sp³-hybridized carbons (Fsp3) is 0.800. The molecule has 0 spiro atoms. The van der Waals surface area contributed by atoms with Crippen LogP contribution < -0.4 is 5.73 Å². The minimum absolute atomic E-state index is 0.0903. The van der Waals surface area contributed by atoms with Gasteiger partial charge in [0, 0.05) is 0 Å². The average molecular weight is 106 g/mol. The van der Waals surface area contributed by atoms with Crippen molar-refractivity contribution in [3.63, 3.8) is 0 Å². The van der Waals surface area contributed by atoms with E-state index >= 15 is 0 Å². The molecule has 1 fully saturated rings. The van der Waals surface area contributed by atoms with E-state index in [1.165, 1.54) is 0 Å². The maximum absolute atomic E-state index is 8.36. The molecule has 8 heavy (non-hydrogen) atoms. The Bertz CT molecular complexity index is 140. The number of hydrogen-bond acceptors (Lipinski definition) is 2. The Kier molecular flexibility index (Phi) is 1.06. The molecule has 3 heteroatoms. The number of rotatable bonds is 0. The zero-order chi connectivity index (χ0) is 6.20. The molecule has 1 aliphatic carbocycles. The van der Waals surface area contributed by atoms with Crippen LogP contribution in [0, 0.1) is 11.3 Å². The van der Waals surface area contributed by atoms with Crippen molar-refractivity contribution < 1.29 is 0 Å². The maximum Gasteiger partial charge on any atom is 0.0988 e. The highest BCUT2D eigenvalue weighted by Crippen LogP contribution is 2.38. The van der Waals surface area contributed by atoms with E-state index in [4.69, 9.17) is 18.8 Å². The molecule has 0 saturated heterocycles. The zero-order valence-corrected chi connectivity index (χ0v) is 4.59. The third kappa shape index (κ3) is 0.534. The van der Waals surface area contributed by atoms with Gasteiger partial charge < -0.3 is 5.73 Å². The van der Waals surface area contributed by atoms with E-state index in [2.05, 4.69) is 0 Å². The van der Waals surface area contributed by atoms with Gasteiger partial charge in [0.1, 0.15) is 0 Å². The fourth-order valence-corrected chi connectivity index (χ4v) is 0.761. The Morgan fingerprint density at radius 2 is 2.50 bits per heavy atom. The fourth-order valence-electron chi connectivity index (χ4n) is 0.761. The lowest BCUT2D eigenvalue weighted by Crippen LogP contribution is -2.50. The van der Waals surface area contributed by atoms with Crippen molar-refractivity contribution in [2.75, 3.05) is 0 Å². The minimum Gasteiger partial charge on any atom is -0.314 e. The van der Waals surface area contributed by atoms with Gasteiger partial charge in [-0.2, -0.15) is 5.26 Å². The molecule has 0 heterocycles. The molecule has 40 valence electrons. The molecular weight excluding hydrogens is 98.9 g/mol. The second-order valence-electron chi connectivity index (χ2n) is 2.30. The van der Waals surface area contributed by atoms with Gasteiger partial charge >= 0.3 is 0 Å². The van der Waals surface area contributed by atoms with Crippen LogP contribution in [0.5, 0.6) is 0 Å². The lowest BCUT2D eigenvalue weighted by molar-refractivity contribution is 0.328. The van der Waals surface area contributed by atoms with Gasteiger partial charge in [-0.3, -0.25) is 0 Å². The maximum atomic E-state index is 8.36. The van der Waals surface area contributed by atoms with Crippen LogP contribution in [0.1, 0.15) is 12.8 Å². The van der Waals surface area contributed by atoms with Crippen molar-refractivity contribution >= 4 is 7.85 Å². The van der Waals surface area contributed by atoms with Crippen molar-refractivity contribution in [2.24, 2.45) is 5.73 Å². The minimum atomic E-state index is -0.694. The summed E-state index contributed by atoms with van der Waals surface area (Å²) < 4.78 is 0. The largest absolute Gasteiger partial charge is 0.314 e. The topological polar surface area (TPSA) is 49.8 Å². The Balaban J connectivity index is 2.59. The first-order valence-electron chi connectivity index (χ1n) is 2.65. The van der Waals surface area contributed by atoms with Gasteiger partial charge in [0.05, 0.1) is 19.5 Å². The highest BCUT2D eigenvalue weighted by atomic mass is 14.8. The van der Waals surface area contributed by atoms with Crippen molar-refractivity contribution in [1.82, 2.24) is 0 Å². The van der Waals surface area contributed by atoms with Crippen LogP contribution in [-0.4, -0.2) is 13.4 Å². The van der Waals surface area contributed by atoms with Crippen LogP contribution in [-0.2, 0) is 0 Å². The van der Waals surface area contributed by atoms with E-state index < -0.39 is 5.54 Å². The SMILES string of the molecule is [B]C1CC[C@@]1(N)C#N. The Morgan fingerprint density at radius 1 is 1.88 bits per heavy atom. The van der Waals surface area contributed by atoms with Crippen LogP contribution in [0.15, 0.2) is 0 Å². The van der Waals surface area contributed by atoms with E-state index in [9.17, 15) is 0 Å². The molecular formula is C5H7BN2. The third-order valence-electron chi connectivity index (χ3n) is 1.74.